The van der Waals surface area contributed by atoms with Crippen LogP contribution in [0, 0.1) is 6.92 Å². The lowest BCUT2D eigenvalue weighted by atomic mass is 10.2. The fourth-order valence-electron chi connectivity index (χ4n) is 2.29. The van der Waals surface area contributed by atoms with Crippen LogP contribution >= 0.6 is 11.8 Å². The molecule has 0 bridgehead atoms. The summed E-state index contributed by atoms with van der Waals surface area (Å²) >= 11 is 1.25. The van der Waals surface area contributed by atoms with Crippen LogP contribution in [0.2, 0.25) is 0 Å². The predicted octanol–water partition coefficient (Wildman–Crippen LogP) is 3.84. The SMILES string of the molecule is CCN(C(=O)CSc1ccccc1C(=O)O)c1cccc(C)c1. The molecule has 0 heterocycles. The molecular weight excluding hydrogens is 310 g/mol. The number of hydrogen-bond donors (Lipinski definition) is 1. The van der Waals surface area contributed by atoms with Gasteiger partial charge in [0.05, 0.1) is 11.3 Å². The van der Waals surface area contributed by atoms with Crippen LogP contribution in [-0.2, 0) is 4.79 Å². The van der Waals surface area contributed by atoms with Crippen molar-refractivity contribution in [2.24, 2.45) is 0 Å². The monoisotopic (exact) mass is 329 g/mol. The third-order valence-corrected chi connectivity index (χ3v) is 4.46. The topological polar surface area (TPSA) is 57.6 Å². The van der Waals surface area contributed by atoms with Gasteiger partial charge in [-0.3, -0.25) is 4.79 Å². The number of amides is 1. The molecule has 2 rings (SSSR count). The van der Waals surface area contributed by atoms with E-state index in [1.54, 1.807) is 29.2 Å². The van der Waals surface area contributed by atoms with Gasteiger partial charge in [0.15, 0.2) is 0 Å². The van der Waals surface area contributed by atoms with Crippen LogP contribution in [0.3, 0.4) is 0 Å². The first-order valence-corrected chi connectivity index (χ1v) is 8.33. The largest absolute Gasteiger partial charge is 0.478 e. The van der Waals surface area contributed by atoms with Crippen molar-refractivity contribution in [3.05, 3.63) is 59.7 Å². The van der Waals surface area contributed by atoms with Crippen molar-refractivity contribution in [1.29, 1.82) is 0 Å². The van der Waals surface area contributed by atoms with Crippen molar-refractivity contribution < 1.29 is 14.7 Å². The maximum atomic E-state index is 12.5. The third kappa shape index (κ3) is 4.36. The summed E-state index contributed by atoms with van der Waals surface area (Å²) in [6, 6.07) is 14.5. The van der Waals surface area contributed by atoms with Gasteiger partial charge >= 0.3 is 5.97 Å². The molecule has 0 unspecified atom stereocenters. The quantitative estimate of drug-likeness (QED) is 0.818. The van der Waals surface area contributed by atoms with Gasteiger partial charge in [0.1, 0.15) is 0 Å². The molecule has 1 N–H and O–H groups in total. The summed E-state index contributed by atoms with van der Waals surface area (Å²) in [5.41, 5.74) is 2.19. The normalized spacial score (nSPS) is 10.3. The molecule has 0 radical (unpaired) electrons. The van der Waals surface area contributed by atoms with Crippen molar-refractivity contribution in [2.45, 2.75) is 18.7 Å². The average molecular weight is 329 g/mol. The Balaban J connectivity index is 2.11. The van der Waals surface area contributed by atoms with Gasteiger partial charge < -0.3 is 10.0 Å². The van der Waals surface area contributed by atoms with E-state index >= 15 is 0 Å². The molecule has 0 aromatic heterocycles. The zero-order chi connectivity index (χ0) is 16.8. The highest BCUT2D eigenvalue weighted by Gasteiger charge is 2.16. The van der Waals surface area contributed by atoms with Crippen molar-refractivity contribution >= 4 is 29.3 Å². The van der Waals surface area contributed by atoms with Gasteiger partial charge in [0.2, 0.25) is 5.91 Å². The molecule has 0 fully saturated rings. The second kappa shape index (κ2) is 7.83. The molecule has 4 nitrogen and oxygen atoms in total. The molecule has 2 aromatic carbocycles. The zero-order valence-corrected chi connectivity index (χ0v) is 14.0. The first kappa shape index (κ1) is 17.1. The molecule has 0 aliphatic carbocycles. The minimum atomic E-state index is -0.980. The van der Waals surface area contributed by atoms with Crippen LogP contribution in [0.4, 0.5) is 5.69 Å². The number of benzene rings is 2. The average Bonchev–Trinajstić information content (AvgIpc) is 2.54. The Morgan fingerprint density at radius 2 is 1.87 bits per heavy atom. The molecule has 0 atom stereocenters. The molecule has 120 valence electrons. The second-order valence-corrected chi connectivity index (χ2v) is 6.08. The number of carbonyl (C=O) groups is 2. The number of nitrogens with zero attached hydrogens (tertiary/aromatic N) is 1. The van der Waals surface area contributed by atoms with Crippen LogP contribution in [0.15, 0.2) is 53.4 Å². The molecule has 5 heteroatoms. The van der Waals surface area contributed by atoms with Gasteiger partial charge in [0, 0.05) is 17.1 Å². The van der Waals surface area contributed by atoms with Gasteiger partial charge in [0.25, 0.3) is 0 Å². The molecule has 23 heavy (non-hydrogen) atoms. The summed E-state index contributed by atoms with van der Waals surface area (Å²) in [4.78, 5) is 26.0. The van der Waals surface area contributed by atoms with Gasteiger partial charge in [-0.15, -0.1) is 11.8 Å². The summed E-state index contributed by atoms with van der Waals surface area (Å²) < 4.78 is 0. The van der Waals surface area contributed by atoms with E-state index in [2.05, 4.69) is 0 Å². The molecular formula is C18H19NO3S. The summed E-state index contributed by atoms with van der Waals surface area (Å²) in [6.07, 6.45) is 0. The molecule has 0 aliphatic rings. The highest BCUT2D eigenvalue weighted by molar-refractivity contribution is 8.00. The number of carboxylic acids is 1. The number of carbonyl (C=O) groups excluding carboxylic acids is 1. The lowest BCUT2D eigenvalue weighted by Crippen LogP contribution is -2.32. The standard InChI is InChI=1S/C18H19NO3S/c1-3-19(14-8-6-7-13(2)11-14)17(20)12-23-16-10-5-4-9-15(16)18(21)22/h4-11H,3,12H2,1-2H3,(H,21,22). The van der Waals surface area contributed by atoms with Crippen LogP contribution in [-0.4, -0.2) is 29.3 Å². The van der Waals surface area contributed by atoms with E-state index in [9.17, 15) is 14.7 Å². The Morgan fingerprint density at radius 3 is 2.52 bits per heavy atom. The van der Waals surface area contributed by atoms with E-state index in [1.165, 1.54) is 11.8 Å². The number of hydrogen-bond acceptors (Lipinski definition) is 3. The number of aryl methyl sites for hydroxylation is 1. The first-order chi connectivity index (χ1) is 11.0. The second-order valence-electron chi connectivity index (χ2n) is 5.07. The molecule has 0 saturated carbocycles. The Hall–Kier alpha value is -2.27. The van der Waals surface area contributed by atoms with Crippen LogP contribution < -0.4 is 4.90 Å². The van der Waals surface area contributed by atoms with Crippen LogP contribution in [0.25, 0.3) is 0 Å². The number of carboxylic acid groups (broad SMARTS) is 1. The Kier molecular flexibility index (Phi) is 5.82. The maximum Gasteiger partial charge on any atom is 0.336 e. The number of aromatic carboxylic acids is 1. The highest BCUT2D eigenvalue weighted by Crippen LogP contribution is 2.24. The summed E-state index contributed by atoms with van der Waals surface area (Å²) in [6.45, 7) is 4.49. The molecule has 0 spiro atoms. The van der Waals surface area contributed by atoms with E-state index < -0.39 is 5.97 Å². The molecule has 2 aromatic rings. The fraction of sp³-hybridized carbons (Fsp3) is 0.222. The smallest absolute Gasteiger partial charge is 0.336 e. The maximum absolute atomic E-state index is 12.5. The van der Waals surface area contributed by atoms with Gasteiger partial charge in [-0.2, -0.15) is 0 Å². The predicted molar refractivity (Wildman–Crippen MR) is 93.3 cm³/mol. The lowest BCUT2D eigenvalue weighted by molar-refractivity contribution is -0.116. The van der Waals surface area contributed by atoms with Crippen molar-refractivity contribution in [2.75, 3.05) is 17.2 Å². The minimum Gasteiger partial charge on any atom is -0.478 e. The zero-order valence-electron chi connectivity index (χ0n) is 13.2. The highest BCUT2D eigenvalue weighted by atomic mass is 32.2. The third-order valence-electron chi connectivity index (χ3n) is 3.40. The van der Waals surface area contributed by atoms with Gasteiger partial charge in [-0.1, -0.05) is 24.3 Å². The Labute approximate surface area is 140 Å². The summed E-state index contributed by atoms with van der Waals surface area (Å²) in [7, 11) is 0. The van der Waals surface area contributed by atoms with Gasteiger partial charge in [-0.25, -0.2) is 4.79 Å². The van der Waals surface area contributed by atoms with E-state index in [0.717, 1.165) is 11.3 Å². The number of thioether (sulfide) groups is 1. The van der Waals surface area contributed by atoms with Crippen LogP contribution in [0.5, 0.6) is 0 Å². The van der Waals surface area contributed by atoms with Crippen molar-refractivity contribution in [3.8, 4) is 0 Å². The Morgan fingerprint density at radius 1 is 1.13 bits per heavy atom. The molecule has 0 saturated heterocycles. The summed E-state index contributed by atoms with van der Waals surface area (Å²) in [5.74, 6) is -0.818. The van der Waals surface area contributed by atoms with Crippen LogP contribution in [0.1, 0.15) is 22.8 Å². The van der Waals surface area contributed by atoms with Gasteiger partial charge in [-0.05, 0) is 43.7 Å². The summed E-state index contributed by atoms with van der Waals surface area (Å²) in [5, 5.41) is 9.19. The Bertz CT molecular complexity index is 715. The fourth-order valence-corrected chi connectivity index (χ4v) is 3.21. The van der Waals surface area contributed by atoms with E-state index in [-0.39, 0.29) is 17.2 Å². The number of rotatable bonds is 6. The molecule has 0 aliphatic heterocycles. The van der Waals surface area contributed by atoms with E-state index in [4.69, 9.17) is 0 Å². The van der Waals surface area contributed by atoms with E-state index in [1.807, 2.05) is 38.1 Å². The lowest BCUT2D eigenvalue weighted by Gasteiger charge is -2.21. The number of anilines is 1. The first-order valence-electron chi connectivity index (χ1n) is 7.35. The van der Waals surface area contributed by atoms with Crippen molar-refractivity contribution in [1.82, 2.24) is 0 Å². The molecule has 1 amide bonds. The minimum absolute atomic E-state index is 0.0386. The van der Waals surface area contributed by atoms with Crippen molar-refractivity contribution in [3.63, 3.8) is 0 Å². The van der Waals surface area contributed by atoms with E-state index in [0.29, 0.717) is 11.4 Å².